The number of benzene rings is 3. The second-order valence-electron chi connectivity index (χ2n) is 8.05. The van der Waals surface area contributed by atoms with Gasteiger partial charge in [-0.05, 0) is 48.7 Å². The van der Waals surface area contributed by atoms with Crippen molar-refractivity contribution in [3.8, 4) is 0 Å². The van der Waals surface area contributed by atoms with E-state index < -0.39 is 21.8 Å². The Balaban J connectivity index is 1.70. The molecule has 0 aliphatic carbocycles. The van der Waals surface area contributed by atoms with Crippen LogP contribution >= 0.6 is 0 Å². The number of amides is 2. The highest BCUT2D eigenvalue weighted by molar-refractivity contribution is 7.90. The molecule has 1 N–H and O–H groups in total. The molecule has 0 saturated carbocycles. The van der Waals surface area contributed by atoms with Gasteiger partial charge in [-0.3, -0.25) is 14.9 Å². The number of carbonyl (C=O) groups is 2. The van der Waals surface area contributed by atoms with Gasteiger partial charge >= 0.3 is 0 Å². The number of aryl methyl sites for hydroxylation is 1. The zero-order valence-corrected chi connectivity index (χ0v) is 18.6. The van der Waals surface area contributed by atoms with Crippen molar-refractivity contribution in [3.63, 3.8) is 0 Å². The first kappa shape index (κ1) is 20.9. The van der Waals surface area contributed by atoms with E-state index in [0.717, 1.165) is 16.7 Å². The van der Waals surface area contributed by atoms with E-state index in [-0.39, 0.29) is 10.5 Å². The van der Waals surface area contributed by atoms with Gasteiger partial charge in [0.25, 0.3) is 21.8 Å². The lowest BCUT2D eigenvalue weighted by Gasteiger charge is -2.09. The van der Waals surface area contributed by atoms with Crippen LogP contribution in [0.15, 0.2) is 90.0 Å². The molecule has 0 spiro atoms. The van der Waals surface area contributed by atoms with Crippen molar-refractivity contribution in [1.29, 1.82) is 0 Å². The van der Waals surface area contributed by atoms with Gasteiger partial charge in [-0.15, -0.1) is 0 Å². The van der Waals surface area contributed by atoms with E-state index in [1.807, 2.05) is 49.4 Å². The maximum Gasteiger partial charge on any atom is 0.268 e. The third-order valence-electron chi connectivity index (χ3n) is 5.71. The molecule has 164 valence electrons. The Labute approximate surface area is 191 Å². The molecule has 0 bridgehead atoms. The molecular weight excluding hydrogens is 436 g/mol. The quantitative estimate of drug-likeness (QED) is 0.463. The molecule has 2 amide bonds. The molecule has 0 atom stereocenters. The summed E-state index contributed by atoms with van der Waals surface area (Å²) in [5.74, 6) is -1.06. The lowest BCUT2D eigenvalue weighted by molar-refractivity contribution is -0.123. The summed E-state index contributed by atoms with van der Waals surface area (Å²) in [4.78, 5) is 24.4. The van der Waals surface area contributed by atoms with Gasteiger partial charge in [-0.25, -0.2) is 12.4 Å². The molecule has 1 aliphatic rings. The molecule has 1 aliphatic heterocycles. The van der Waals surface area contributed by atoms with Crippen molar-refractivity contribution in [2.24, 2.45) is 0 Å². The maximum atomic E-state index is 13.5. The van der Waals surface area contributed by atoms with Gasteiger partial charge in [0, 0.05) is 23.2 Å². The minimum atomic E-state index is -3.92. The first-order valence-electron chi connectivity index (χ1n) is 10.4. The summed E-state index contributed by atoms with van der Waals surface area (Å²) in [5.41, 5.74) is 4.02. The Morgan fingerprint density at radius 1 is 0.879 bits per heavy atom. The molecule has 33 heavy (non-hydrogen) atoms. The van der Waals surface area contributed by atoms with Crippen molar-refractivity contribution in [2.45, 2.75) is 18.2 Å². The first-order valence-corrected chi connectivity index (χ1v) is 11.8. The monoisotopic (exact) mass is 456 g/mol. The van der Waals surface area contributed by atoms with Crippen molar-refractivity contribution in [1.82, 2.24) is 9.29 Å². The van der Waals surface area contributed by atoms with Crippen LogP contribution in [0.4, 0.5) is 0 Å². The second kappa shape index (κ2) is 7.86. The highest BCUT2D eigenvalue weighted by Gasteiger charge is 2.28. The fourth-order valence-electron chi connectivity index (χ4n) is 4.04. The summed E-state index contributed by atoms with van der Waals surface area (Å²) in [5, 5.41) is 2.83. The van der Waals surface area contributed by atoms with E-state index in [1.165, 1.54) is 16.2 Å². The normalized spacial score (nSPS) is 13.9. The third-order valence-corrected chi connectivity index (χ3v) is 7.40. The van der Waals surface area contributed by atoms with Crippen LogP contribution in [-0.2, 0) is 26.0 Å². The topological polar surface area (TPSA) is 85.2 Å². The summed E-state index contributed by atoms with van der Waals surface area (Å²) in [6, 6.07) is 22.0. The van der Waals surface area contributed by atoms with Crippen molar-refractivity contribution >= 4 is 38.3 Å². The largest absolute Gasteiger partial charge is 0.289 e. The number of hydrogen-bond acceptors (Lipinski definition) is 4. The summed E-state index contributed by atoms with van der Waals surface area (Å²) < 4.78 is 28.2. The van der Waals surface area contributed by atoms with Crippen LogP contribution in [-0.4, -0.2) is 24.2 Å². The van der Waals surface area contributed by atoms with Crippen LogP contribution < -0.4 is 5.32 Å². The van der Waals surface area contributed by atoms with Gasteiger partial charge in [0.05, 0.1) is 16.0 Å². The van der Waals surface area contributed by atoms with Crippen molar-refractivity contribution in [2.75, 3.05) is 0 Å². The number of rotatable bonds is 5. The molecule has 0 fully saturated rings. The van der Waals surface area contributed by atoms with Crippen molar-refractivity contribution in [3.05, 3.63) is 107 Å². The lowest BCUT2D eigenvalue weighted by atomic mass is 10.00. The molecule has 0 saturated heterocycles. The molecule has 5 rings (SSSR count). The fourth-order valence-corrected chi connectivity index (χ4v) is 5.41. The van der Waals surface area contributed by atoms with Crippen LogP contribution in [0, 0.1) is 6.92 Å². The first-order chi connectivity index (χ1) is 15.8. The van der Waals surface area contributed by atoms with E-state index >= 15 is 0 Å². The predicted octanol–water partition coefficient (Wildman–Crippen LogP) is 3.82. The smallest absolute Gasteiger partial charge is 0.268 e. The van der Waals surface area contributed by atoms with Gasteiger partial charge in [0.1, 0.15) is 0 Å². The minimum Gasteiger partial charge on any atom is -0.289 e. The Bertz CT molecular complexity index is 1550. The average molecular weight is 457 g/mol. The van der Waals surface area contributed by atoms with Crippen LogP contribution in [0.2, 0.25) is 0 Å². The maximum absolute atomic E-state index is 13.5. The highest BCUT2D eigenvalue weighted by atomic mass is 32.2. The summed E-state index contributed by atoms with van der Waals surface area (Å²) in [6.07, 6.45) is 3.29. The highest BCUT2D eigenvalue weighted by Crippen LogP contribution is 2.33. The Kier molecular flexibility index (Phi) is 4.98. The van der Waals surface area contributed by atoms with Crippen LogP contribution in [0.25, 0.3) is 16.5 Å². The molecular formula is C26H20N2O4S. The molecule has 6 nitrogen and oxygen atoms in total. The zero-order valence-electron chi connectivity index (χ0n) is 17.8. The van der Waals surface area contributed by atoms with E-state index in [2.05, 4.69) is 5.32 Å². The molecule has 7 heteroatoms. The summed E-state index contributed by atoms with van der Waals surface area (Å²) in [7, 11) is -3.92. The average Bonchev–Trinajstić information content (AvgIpc) is 3.34. The molecule has 3 aromatic carbocycles. The number of nitrogens with zero attached hydrogens (tertiary/aromatic N) is 1. The van der Waals surface area contributed by atoms with E-state index in [9.17, 15) is 18.0 Å². The van der Waals surface area contributed by atoms with Gasteiger partial charge < -0.3 is 0 Å². The Morgan fingerprint density at radius 3 is 2.27 bits per heavy atom. The summed E-state index contributed by atoms with van der Waals surface area (Å²) >= 11 is 0. The number of hydrogen-bond donors (Lipinski definition) is 1. The van der Waals surface area contributed by atoms with E-state index in [1.54, 1.807) is 30.3 Å². The van der Waals surface area contributed by atoms with Crippen LogP contribution in [0.3, 0.4) is 0 Å². The Morgan fingerprint density at radius 2 is 1.61 bits per heavy atom. The molecule has 1 aromatic heterocycles. The van der Waals surface area contributed by atoms with Gasteiger partial charge in [0.2, 0.25) is 0 Å². The van der Waals surface area contributed by atoms with E-state index in [0.29, 0.717) is 22.9 Å². The van der Waals surface area contributed by atoms with E-state index in [4.69, 9.17) is 0 Å². The molecule has 4 aromatic rings. The standard InChI is InChI=1S/C26H20N2O4S/c1-17-7-10-20(11-8-17)33(31,32)28-16-23(22-15-25(29)27-26(22)30)21-14-19(9-12-24(21)28)13-18-5-3-2-4-6-18/h2-12,14-16H,13H2,1H3,(H,27,29,30). The number of imide groups is 1. The Hall–Kier alpha value is -3.97. The fraction of sp³-hybridized carbons (Fsp3) is 0.0769. The molecule has 2 heterocycles. The zero-order chi connectivity index (χ0) is 23.2. The summed E-state index contributed by atoms with van der Waals surface area (Å²) in [6.45, 7) is 1.88. The SMILES string of the molecule is Cc1ccc(S(=O)(=O)n2cc(C3=CC(=O)NC3=O)c3cc(Cc4ccccc4)ccc32)cc1. The molecule has 0 radical (unpaired) electrons. The van der Waals surface area contributed by atoms with Gasteiger partial charge in [0.15, 0.2) is 0 Å². The van der Waals surface area contributed by atoms with Crippen molar-refractivity contribution < 1.29 is 18.0 Å². The van der Waals surface area contributed by atoms with Gasteiger partial charge in [-0.1, -0.05) is 54.1 Å². The number of fused-ring (bicyclic) bond motifs is 1. The second-order valence-corrected chi connectivity index (χ2v) is 9.86. The number of carbonyl (C=O) groups excluding carboxylic acids is 2. The number of nitrogens with one attached hydrogen (secondary N) is 1. The van der Waals surface area contributed by atoms with Crippen LogP contribution in [0.1, 0.15) is 22.3 Å². The van der Waals surface area contributed by atoms with Gasteiger partial charge in [-0.2, -0.15) is 0 Å². The van der Waals surface area contributed by atoms with Crippen LogP contribution in [0.5, 0.6) is 0 Å². The molecule has 0 unspecified atom stereocenters. The third kappa shape index (κ3) is 3.76. The minimum absolute atomic E-state index is 0.144. The number of aromatic nitrogens is 1. The lowest BCUT2D eigenvalue weighted by Crippen LogP contribution is -2.21. The predicted molar refractivity (Wildman–Crippen MR) is 126 cm³/mol.